The molecule has 2 heterocycles. The van der Waals surface area contributed by atoms with Crippen LogP contribution in [0.1, 0.15) is 53.4 Å². The predicted molar refractivity (Wildman–Crippen MR) is 73.9 cm³/mol. The lowest BCUT2D eigenvalue weighted by molar-refractivity contribution is -0.108. The summed E-state index contributed by atoms with van der Waals surface area (Å²) in [5.41, 5.74) is 0.378. The quantitative estimate of drug-likeness (QED) is 0.774. The number of piperidine rings is 1. The highest BCUT2D eigenvalue weighted by Gasteiger charge is 2.46. The fourth-order valence-corrected chi connectivity index (χ4v) is 3.88. The predicted octanol–water partition coefficient (Wildman–Crippen LogP) is 2.83. The lowest BCUT2D eigenvalue weighted by Crippen LogP contribution is -2.63. The number of hydrogen-bond donors (Lipinski definition) is 0. The van der Waals surface area contributed by atoms with Crippen LogP contribution in [0.5, 0.6) is 0 Å². The van der Waals surface area contributed by atoms with Gasteiger partial charge in [0, 0.05) is 31.3 Å². The van der Waals surface area contributed by atoms with Gasteiger partial charge in [-0.25, -0.2) is 0 Å². The average Bonchev–Trinajstić information content (AvgIpc) is 2.75. The molecule has 0 spiro atoms. The highest BCUT2D eigenvalue weighted by Crippen LogP contribution is 2.40. The molecule has 0 amide bonds. The van der Waals surface area contributed by atoms with Crippen LogP contribution in [0.4, 0.5) is 0 Å². The van der Waals surface area contributed by atoms with Crippen molar-refractivity contribution < 1.29 is 9.47 Å². The zero-order valence-electron chi connectivity index (χ0n) is 12.7. The maximum atomic E-state index is 5.82. The van der Waals surface area contributed by atoms with Crippen molar-refractivity contribution in [3.8, 4) is 0 Å². The third-order valence-electron chi connectivity index (χ3n) is 4.66. The van der Waals surface area contributed by atoms with Crippen LogP contribution in [-0.4, -0.2) is 48.4 Å². The van der Waals surface area contributed by atoms with Gasteiger partial charge in [-0.2, -0.15) is 0 Å². The smallest absolute Gasteiger partial charge is 0.0703 e. The van der Waals surface area contributed by atoms with E-state index in [1.54, 1.807) is 0 Å². The van der Waals surface area contributed by atoms with Crippen LogP contribution in [0.2, 0.25) is 0 Å². The van der Waals surface area contributed by atoms with E-state index in [4.69, 9.17) is 9.47 Å². The Morgan fingerprint density at radius 2 is 1.78 bits per heavy atom. The van der Waals surface area contributed by atoms with Gasteiger partial charge in [-0.15, -0.1) is 0 Å². The maximum Gasteiger partial charge on any atom is 0.0703 e. The summed E-state index contributed by atoms with van der Waals surface area (Å²) in [4.78, 5) is 2.64. The van der Waals surface area contributed by atoms with E-state index >= 15 is 0 Å². The largest absolute Gasteiger partial charge is 0.381 e. The van der Waals surface area contributed by atoms with Crippen molar-refractivity contribution in [3.63, 3.8) is 0 Å². The van der Waals surface area contributed by atoms with Crippen molar-refractivity contribution in [1.82, 2.24) is 4.90 Å². The average molecular weight is 255 g/mol. The van der Waals surface area contributed by atoms with Crippen LogP contribution in [0, 0.1) is 0 Å². The fraction of sp³-hybridized carbons (Fsp3) is 1.00. The van der Waals surface area contributed by atoms with Gasteiger partial charge in [0.15, 0.2) is 0 Å². The Balaban J connectivity index is 2.09. The fourth-order valence-electron chi connectivity index (χ4n) is 3.88. The molecular weight excluding hydrogens is 226 g/mol. The molecule has 2 aliphatic heterocycles. The van der Waals surface area contributed by atoms with Crippen molar-refractivity contribution in [2.75, 3.05) is 20.3 Å². The van der Waals surface area contributed by atoms with Gasteiger partial charge in [0.1, 0.15) is 0 Å². The molecule has 106 valence electrons. The first kappa shape index (κ1) is 14.3. The van der Waals surface area contributed by atoms with Gasteiger partial charge < -0.3 is 9.47 Å². The molecule has 1 atom stereocenters. The molecule has 0 radical (unpaired) electrons. The zero-order valence-corrected chi connectivity index (χ0v) is 12.7. The van der Waals surface area contributed by atoms with E-state index in [1.165, 1.54) is 12.8 Å². The van der Waals surface area contributed by atoms with Crippen molar-refractivity contribution in [1.29, 1.82) is 0 Å². The molecule has 3 nitrogen and oxygen atoms in total. The minimum Gasteiger partial charge on any atom is -0.381 e. The summed E-state index contributed by atoms with van der Waals surface area (Å²) in [7, 11) is 1.84. The number of likely N-dealkylation sites (tertiary alicyclic amines) is 1. The maximum absolute atomic E-state index is 5.82. The molecule has 2 fully saturated rings. The Kier molecular flexibility index (Phi) is 4.05. The van der Waals surface area contributed by atoms with Crippen molar-refractivity contribution in [2.45, 2.75) is 76.7 Å². The van der Waals surface area contributed by atoms with Gasteiger partial charge in [-0.05, 0) is 53.4 Å². The molecule has 0 aromatic heterocycles. The Morgan fingerprint density at radius 1 is 1.17 bits per heavy atom. The molecule has 0 saturated carbocycles. The topological polar surface area (TPSA) is 21.7 Å². The normalized spacial score (nSPS) is 32.8. The minimum absolute atomic E-state index is 0.189. The van der Waals surface area contributed by atoms with E-state index in [0.717, 1.165) is 26.0 Å². The van der Waals surface area contributed by atoms with Crippen LogP contribution in [0.25, 0.3) is 0 Å². The minimum atomic E-state index is 0.189. The second-order valence-electron chi connectivity index (χ2n) is 7.14. The first-order chi connectivity index (χ1) is 8.35. The van der Waals surface area contributed by atoms with Gasteiger partial charge in [-0.3, -0.25) is 4.90 Å². The second-order valence-corrected chi connectivity index (χ2v) is 7.14. The third kappa shape index (κ3) is 2.89. The second kappa shape index (κ2) is 5.10. The summed E-state index contributed by atoms with van der Waals surface area (Å²) >= 11 is 0. The van der Waals surface area contributed by atoms with Gasteiger partial charge in [0.2, 0.25) is 0 Å². The highest BCUT2D eigenvalue weighted by atomic mass is 16.5. The van der Waals surface area contributed by atoms with Crippen LogP contribution in [-0.2, 0) is 9.47 Å². The molecular formula is C15H29NO2. The number of ether oxygens (including phenoxy) is 2. The van der Waals surface area contributed by atoms with E-state index in [1.807, 2.05) is 7.11 Å². The molecule has 0 aromatic carbocycles. The highest BCUT2D eigenvalue weighted by molar-refractivity contribution is 5.01. The molecule has 2 aliphatic rings. The third-order valence-corrected chi connectivity index (χ3v) is 4.66. The molecule has 0 aliphatic carbocycles. The summed E-state index contributed by atoms with van der Waals surface area (Å²) in [5.74, 6) is 0. The summed E-state index contributed by atoms with van der Waals surface area (Å²) < 4.78 is 11.4. The lowest BCUT2D eigenvalue weighted by Gasteiger charge is -2.55. The summed E-state index contributed by atoms with van der Waals surface area (Å²) in [6.45, 7) is 11.4. The van der Waals surface area contributed by atoms with Crippen LogP contribution in [0.15, 0.2) is 0 Å². The molecule has 0 N–H and O–H groups in total. The monoisotopic (exact) mass is 255 g/mol. The van der Waals surface area contributed by atoms with Gasteiger partial charge in [0.25, 0.3) is 0 Å². The van der Waals surface area contributed by atoms with Crippen molar-refractivity contribution in [3.05, 3.63) is 0 Å². The molecule has 0 unspecified atom stereocenters. The zero-order chi connectivity index (χ0) is 13.4. The number of methoxy groups -OCH3 is 1. The summed E-state index contributed by atoms with van der Waals surface area (Å²) in [5, 5.41) is 0. The number of rotatable bonds is 3. The first-order valence-corrected chi connectivity index (χ1v) is 7.27. The standard InChI is InChI=1S/C15H29NO2/c1-14(2)9-13(17-5)10-15(3,4)16(14)11-12-7-6-8-18-12/h12-13H,6-11H2,1-5H3/t12-/m0/s1. The Hall–Kier alpha value is -0.120. The molecule has 2 rings (SSSR count). The van der Waals surface area contributed by atoms with Crippen LogP contribution in [0.3, 0.4) is 0 Å². The SMILES string of the molecule is COC1CC(C)(C)N(C[C@@H]2CCCO2)C(C)(C)C1. The van der Waals surface area contributed by atoms with Crippen LogP contribution < -0.4 is 0 Å². The van der Waals surface area contributed by atoms with E-state index in [9.17, 15) is 0 Å². The van der Waals surface area contributed by atoms with E-state index in [0.29, 0.717) is 12.2 Å². The Labute approximate surface area is 112 Å². The van der Waals surface area contributed by atoms with Crippen molar-refractivity contribution >= 4 is 0 Å². The van der Waals surface area contributed by atoms with Gasteiger partial charge >= 0.3 is 0 Å². The summed E-state index contributed by atoms with van der Waals surface area (Å²) in [6, 6.07) is 0. The van der Waals surface area contributed by atoms with Crippen molar-refractivity contribution in [2.24, 2.45) is 0 Å². The number of hydrogen-bond acceptors (Lipinski definition) is 3. The van der Waals surface area contributed by atoms with Crippen LogP contribution >= 0.6 is 0 Å². The van der Waals surface area contributed by atoms with E-state index in [2.05, 4.69) is 32.6 Å². The first-order valence-electron chi connectivity index (χ1n) is 7.27. The Bertz CT molecular complexity index is 264. The molecule has 0 aromatic rings. The van der Waals surface area contributed by atoms with E-state index < -0.39 is 0 Å². The molecule has 0 bridgehead atoms. The molecule has 18 heavy (non-hydrogen) atoms. The number of nitrogens with zero attached hydrogens (tertiary/aromatic N) is 1. The van der Waals surface area contributed by atoms with E-state index in [-0.39, 0.29) is 11.1 Å². The summed E-state index contributed by atoms with van der Waals surface area (Å²) in [6.07, 6.45) is 5.48. The molecule has 2 saturated heterocycles. The Morgan fingerprint density at radius 3 is 2.22 bits per heavy atom. The van der Waals surface area contributed by atoms with Gasteiger partial charge in [0.05, 0.1) is 12.2 Å². The molecule has 3 heteroatoms. The lowest BCUT2D eigenvalue weighted by atomic mass is 9.77. The van der Waals surface area contributed by atoms with Gasteiger partial charge in [-0.1, -0.05) is 0 Å².